The number of rotatable bonds is 2. The van der Waals surface area contributed by atoms with Gasteiger partial charge >= 0.3 is 0 Å². The second-order valence-corrected chi connectivity index (χ2v) is 7.40. The van der Waals surface area contributed by atoms with E-state index < -0.39 is 0 Å². The fraction of sp³-hybridized carbons (Fsp3) is 0.625. The van der Waals surface area contributed by atoms with Gasteiger partial charge in [0, 0.05) is 16.2 Å². The highest BCUT2D eigenvalue weighted by Gasteiger charge is 2.32. The van der Waals surface area contributed by atoms with Crippen LogP contribution in [0.15, 0.2) is 22.7 Å². The number of hydrogen-bond donors (Lipinski definition) is 1. The van der Waals surface area contributed by atoms with Crippen LogP contribution in [0.2, 0.25) is 0 Å². The van der Waals surface area contributed by atoms with Crippen molar-refractivity contribution < 1.29 is 0 Å². The molecular weight excluding hydrogens is 286 g/mol. The molecule has 1 saturated carbocycles. The molecule has 0 amide bonds. The van der Waals surface area contributed by atoms with Crippen molar-refractivity contribution in [3.8, 4) is 0 Å². The standard InChI is InChI=1S/C16H24BrN/c1-11-10-16(3,4)9-8-14(11)18-15-7-5-6-13(17)12(15)2/h5-7,11,14,18H,8-10H2,1-4H3. The molecule has 1 aromatic carbocycles. The normalized spacial score (nSPS) is 26.9. The van der Waals surface area contributed by atoms with Gasteiger partial charge in [-0.3, -0.25) is 0 Å². The van der Waals surface area contributed by atoms with Crippen molar-refractivity contribution in [3.05, 3.63) is 28.2 Å². The van der Waals surface area contributed by atoms with E-state index >= 15 is 0 Å². The van der Waals surface area contributed by atoms with E-state index in [-0.39, 0.29) is 0 Å². The van der Waals surface area contributed by atoms with Crippen molar-refractivity contribution >= 4 is 21.6 Å². The van der Waals surface area contributed by atoms with Gasteiger partial charge in [0.1, 0.15) is 0 Å². The quantitative estimate of drug-likeness (QED) is 0.773. The Kier molecular flexibility index (Phi) is 4.05. The van der Waals surface area contributed by atoms with Crippen LogP contribution < -0.4 is 5.32 Å². The number of halogens is 1. The summed E-state index contributed by atoms with van der Waals surface area (Å²) in [4.78, 5) is 0. The first-order valence-electron chi connectivity index (χ1n) is 6.91. The predicted octanol–water partition coefficient (Wildman–Crippen LogP) is 5.38. The average Bonchev–Trinajstić information content (AvgIpc) is 2.27. The lowest BCUT2D eigenvalue weighted by Gasteiger charge is -2.40. The number of nitrogens with one attached hydrogen (secondary N) is 1. The molecule has 1 aromatic rings. The fourth-order valence-corrected chi connectivity index (χ4v) is 3.49. The maximum Gasteiger partial charge on any atom is 0.0383 e. The van der Waals surface area contributed by atoms with E-state index in [4.69, 9.17) is 0 Å². The molecule has 0 heterocycles. The van der Waals surface area contributed by atoms with Gasteiger partial charge in [0.05, 0.1) is 0 Å². The van der Waals surface area contributed by atoms with Crippen LogP contribution in [0.1, 0.15) is 45.6 Å². The lowest BCUT2D eigenvalue weighted by molar-refractivity contribution is 0.177. The molecule has 2 atom stereocenters. The minimum Gasteiger partial charge on any atom is -0.382 e. The second-order valence-electron chi connectivity index (χ2n) is 6.55. The smallest absolute Gasteiger partial charge is 0.0383 e. The zero-order valence-electron chi connectivity index (χ0n) is 11.9. The Morgan fingerprint density at radius 3 is 2.72 bits per heavy atom. The molecule has 0 radical (unpaired) electrons. The van der Waals surface area contributed by atoms with E-state index in [0.29, 0.717) is 11.5 Å². The minimum atomic E-state index is 0.518. The van der Waals surface area contributed by atoms with Gasteiger partial charge in [0.15, 0.2) is 0 Å². The molecule has 1 aliphatic carbocycles. The topological polar surface area (TPSA) is 12.0 Å². The summed E-state index contributed by atoms with van der Waals surface area (Å²) < 4.78 is 1.19. The first-order valence-corrected chi connectivity index (χ1v) is 7.70. The monoisotopic (exact) mass is 309 g/mol. The van der Waals surface area contributed by atoms with Crippen molar-refractivity contribution in [1.29, 1.82) is 0 Å². The van der Waals surface area contributed by atoms with Gasteiger partial charge in [-0.2, -0.15) is 0 Å². The van der Waals surface area contributed by atoms with Crippen molar-refractivity contribution in [2.75, 3.05) is 5.32 Å². The van der Waals surface area contributed by atoms with Crippen LogP contribution in [0.5, 0.6) is 0 Å². The number of hydrogen-bond acceptors (Lipinski definition) is 1. The van der Waals surface area contributed by atoms with Crippen molar-refractivity contribution in [2.24, 2.45) is 11.3 Å². The Balaban J connectivity index is 2.08. The van der Waals surface area contributed by atoms with E-state index in [2.05, 4.69) is 67.1 Å². The maximum absolute atomic E-state index is 3.75. The van der Waals surface area contributed by atoms with Gasteiger partial charge < -0.3 is 5.32 Å². The summed E-state index contributed by atoms with van der Waals surface area (Å²) in [5.74, 6) is 0.743. The summed E-state index contributed by atoms with van der Waals surface area (Å²) in [5, 5.41) is 3.75. The summed E-state index contributed by atoms with van der Waals surface area (Å²) in [5.41, 5.74) is 3.11. The Morgan fingerprint density at radius 2 is 2.06 bits per heavy atom. The molecule has 100 valence electrons. The largest absolute Gasteiger partial charge is 0.382 e. The van der Waals surface area contributed by atoms with Gasteiger partial charge in [0.2, 0.25) is 0 Å². The zero-order valence-corrected chi connectivity index (χ0v) is 13.5. The van der Waals surface area contributed by atoms with Gasteiger partial charge in [-0.25, -0.2) is 0 Å². The molecule has 2 unspecified atom stereocenters. The Hall–Kier alpha value is -0.500. The third-order valence-electron chi connectivity index (χ3n) is 4.30. The molecule has 0 aromatic heterocycles. The lowest BCUT2D eigenvalue weighted by atomic mass is 9.70. The molecule has 2 heteroatoms. The van der Waals surface area contributed by atoms with Crippen LogP contribution in [-0.4, -0.2) is 6.04 Å². The highest BCUT2D eigenvalue weighted by Crippen LogP contribution is 2.40. The molecule has 1 fully saturated rings. The lowest BCUT2D eigenvalue weighted by Crippen LogP contribution is -2.37. The van der Waals surface area contributed by atoms with E-state index in [1.165, 1.54) is 35.0 Å². The van der Waals surface area contributed by atoms with Crippen LogP contribution in [0, 0.1) is 18.3 Å². The Labute approximate surface area is 119 Å². The van der Waals surface area contributed by atoms with E-state index in [0.717, 1.165) is 5.92 Å². The third kappa shape index (κ3) is 3.09. The molecule has 0 bridgehead atoms. The zero-order chi connectivity index (χ0) is 13.3. The molecule has 0 spiro atoms. The number of anilines is 1. The summed E-state index contributed by atoms with van der Waals surface area (Å²) in [6.45, 7) is 9.34. The van der Waals surface area contributed by atoms with Crippen LogP contribution >= 0.6 is 15.9 Å². The van der Waals surface area contributed by atoms with Gasteiger partial charge in [0.25, 0.3) is 0 Å². The Bertz CT molecular complexity index is 425. The third-order valence-corrected chi connectivity index (χ3v) is 5.16. The highest BCUT2D eigenvalue weighted by molar-refractivity contribution is 9.10. The first-order chi connectivity index (χ1) is 8.39. The fourth-order valence-electron chi connectivity index (χ4n) is 3.12. The summed E-state index contributed by atoms with van der Waals surface area (Å²) in [6, 6.07) is 7.02. The molecule has 1 aliphatic rings. The average molecular weight is 310 g/mol. The number of benzene rings is 1. The first kappa shape index (κ1) is 13.9. The van der Waals surface area contributed by atoms with Gasteiger partial charge in [-0.05, 0) is 55.2 Å². The summed E-state index contributed by atoms with van der Waals surface area (Å²) in [7, 11) is 0. The minimum absolute atomic E-state index is 0.518. The van der Waals surface area contributed by atoms with Crippen LogP contribution in [0.25, 0.3) is 0 Å². The SMILES string of the molecule is Cc1c(Br)cccc1NC1CCC(C)(C)CC1C. The van der Waals surface area contributed by atoms with E-state index in [1.807, 2.05) is 0 Å². The highest BCUT2D eigenvalue weighted by atomic mass is 79.9. The maximum atomic E-state index is 3.75. The second kappa shape index (κ2) is 5.24. The van der Waals surface area contributed by atoms with Gasteiger partial charge in [-0.15, -0.1) is 0 Å². The molecule has 2 rings (SSSR count). The van der Waals surface area contributed by atoms with E-state index in [1.54, 1.807) is 0 Å². The Morgan fingerprint density at radius 1 is 1.33 bits per heavy atom. The van der Waals surface area contributed by atoms with Crippen molar-refractivity contribution in [2.45, 2.75) is 53.0 Å². The molecule has 0 aliphatic heterocycles. The van der Waals surface area contributed by atoms with Crippen molar-refractivity contribution in [1.82, 2.24) is 0 Å². The molecule has 1 nitrogen and oxygen atoms in total. The van der Waals surface area contributed by atoms with Crippen LogP contribution in [0.4, 0.5) is 5.69 Å². The molecule has 1 N–H and O–H groups in total. The van der Waals surface area contributed by atoms with Gasteiger partial charge in [-0.1, -0.05) is 42.8 Å². The predicted molar refractivity (Wildman–Crippen MR) is 83.1 cm³/mol. The summed E-state index contributed by atoms with van der Waals surface area (Å²) in [6.07, 6.45) is 3.92. The van der Waals surface area contributed by atoms with Crippen LogP contribution in [-0.2, 0) is 0 Å². The molecule has 18 heavy (non-hydrogen) atoms. The van der Waals surface area contributed by atoms with Crippen LogP contribution in [0.3, 0.4) is 0 Å². The summed E-state index contributed by atoms with van der Waals surface area (Å²) >= 11 is 3.60. The van der Waals surface area contributed by atoms with E-state index in [9.17, 15) is 0 Å². The molecule has 0 saturated heterocycles. The van der Waals surface area contributed by atoms with Crippen molar-refractivity contribution in [3.63, 3.8) is 0 Å². The molecular formula is C16H24BrN.